The summed E-state index contributed by atoms with van der Waals surface area (Å²) in [6.07, 6.45) is 6.66. The molecule has 0 aromatic rings. The van der Waals surface area contributed by atoms with Gasteiger partial charge in [-0.3, -0.25) is 4.55 Å². The zero-order valence-corrected chi connectivity index (χ0v) is 7.59. The van der Waals surface area contributed by atoms with Crippen LogP contribution in [0.25, 0.3) is 0 Å². The fourth-order valence-corrected chi connectivity index (χ4v) is 1.13. The lowest BCUT2D eigenvalue weighted by atomic mass is 9.97. The van der Waals surface area contributed by atoms with E-state index in [1.165, 1.54) is 32.1 Å². The largest absolute Gasteiger partial charge is 1.00 e. The summed E-state index contributed by atoms with van der Waals surface area (Å²) in [5.74, 6) is 0. The molecule has 12 heavy (non-hydrogen) atoms. The lowest BCUT2D eigenvalue weighted by Crippen LogP contribution is -2.22. The third kappa shape index (κ3) is 12.5. The summed E-state index contributed by atoms with van der Waals surface area (Å²) >= 11 is 0. The number of rotatable bonds is 0. The van der Waals surface area contributed by atoms with E-state index in [9.17, 15) is 0 Å². The van der Waals surface area contributed by atoms with Gasteiger partial charge in [0.25, 0.3) is 0 Å². The van der Waals surface area contributed by atoms with Crippen molar-refractivity contribution in [3.8, 4) is 0 Å². The topological polar surface area (TPSA) is 103 Å². The summed E-state index contributed by atoms with van der Waals surface area (Å²) in [4.78, 5) is 0. The second kappa shape index (κ2) is 5.47. The molecule has 0 amide bonds. The molecule has 3 N–H and O–H groups in total. The lowest BCUT2D eigenvalue weighted by Gasteiger charge is -2.15. The van der Waals surface area contributed by atoms with Crippen LogP contribution in [0.4, 0.5) is 0 Å². The SMILES string of the molecule is NC1CCCCC1.O=S(=O)([O-])O.[H+]. The Kier molecular flexibility index (Phi) is 5.39. The Morgan fingerprint density at radius 1 is 1.33 bits per heavy atom. The minimum Gasteiger partial charge on any atom is -0.726 e. The summed E-state index contributed by atoms with van der Waals surface area (Å²) < 4.78 is 32.8. The van der Waals surface area contributed by atoms with Gasteiger partial charge in [0, 0.05) is 6.04 Å². The van der Waals surface area contributed by atoms with Crippen molar-refractivity contribution < 1.29 is 18.9 Å². The monoisotopic (exact) mass is 197 g/mol. The zero-order chi connectivity index (χ0) is 9.61. The third-order valence-corrected chi connectivity index (χ3v) is 1.65. The fourth-order valence-electron chi connectivity index (χ4n) is 1.13. The van der Waals surface area contributed by atoms with Gasteiger partial charge in [-0.15, -0.1) is 0 Å². The van der Waals surface area contributed by atoms with Crippen molar-refractivity contribution in [2.24, 2.45) is 5.73 Å². The highest BCUT2D eigenvalue weighted by Gasteiger charge is 2.06. The molecule has 0 atom stereocenters. The van der Waals surface area contributed by atoms with Crippen LogP contribution in [-0.2, 0) is 10.4 Å². The average molecular weight is 197 g/mol. The molecule has 1 aliphatic carbocycles. The molecular formula is C6H15NO4S. The maximum absolute atomic E-state index is 8.63. The molecule has 6 heteroatoms. The molecule has 1 saturated carbocycles. The first-order chi connectivity index (χ1) is 5.39. The first kappa shape index (κ1) is 11.8. The Balaban J connectivity index is 0. The fraction of sp³-hybridized carbons (Fsp3) is 1.00. The predicted molar refractivity (Wildman–Crippen MR) is 44.5 cm³/mol. The Morgan fingerprint density at radius 2 is 1.67 bits per heavy atom. The van der Waals surface area contributed by atoms with Crippen molar-refractivity contribution in [1.29, 1.82) is 0 Å². The molecule has 0 aliphatic heterocycles. The molecule has 1 rings (SSSR count). The van der Waals surface area contributed by atoms with E-state index in [-0.39, 0.29) is 1.43 Å². The molecule has 0 unspecified atom stereocenters. The third-order valence-electron chi connectivity index (χ3n) is 1.65. The maximum atomic E-state index is 8.63. The van der Waals surface area contributed by atoms with Gasteiger partial charge in [-0.1, -0.05) is 19.3 Å². The Labute approximate surface area is 74.0 Å². The van der Waals surface area contributed by atoms with Crippen LogP contribution in [0.2, 0.25) is 0 Å². The molecule has 0 saturated heterocycles. The van der Waals surface area contributed by atoms with E-state index in [1.807, 2.05) is 0 Å². The summed E-state index contributed by atoms with van der Waals surface area (Å²) in [6, 6.07) is 0.536. The van der Waals surface area contributed by atoms with Crippen LogP contribution in [0, 0.1) is 0 Å². The number of nitrogens with two attached hydrogens (primary N) is 1. The van der Waals surface area contributed by atoms with Gasteiger partial charge in [0.2, 0.25) is 10.4 Å². The van der Waals surface area contributed by atoms with Crippen molar-refractivity contribution in [2.45, 2.75) is 38.1 Å². The van der Waals surface area contributed by atoms with Gasteiger partial charge < -0.3 is 10.3 Å². The maximum Gasteiger partial charge on any atom is 1.00 e. The van der Waals surface area contributed by atoms with E-state index in [2.05, 4.69) is 0 Å². The molecule has 0 spiro atoms. The van der Waals surface area contributed by atoms with Crippen LogP contribution >= 0.6 is 0 Å². The van der Waals surface area contributed by atoms with E-state index < -0.39 is 10.4 Å². The van der Waals surface area contributed by atoms with Gasteiger partial charge in [-0.2, -0.15) is 0 Å². The molecule has 0 radical (unpaired) electrons. The van der Waals surface area contributed by atoms with Crippen molar-refractivity contribution in [2.75, 3.05) is 0 Å². The van der Waals surface area contributed by atoms with Crippen LogP contribution in [0.15, 0.2) is 0 Å². The van der Waals surface area contributed by atoms with Crippen molar-refractivity contribution in [1.82, 2.24) is 0 Å². The highest BCUT2D eigenvalue weighted by molar-refractivity contribution is 7.79. The van der Waals surface area contributed by atoms with Gasteiger partial charge in [0.15, 0.2) is 0 Å². The minimum atomic E-state index is -4.92. The van der Waals surface area contributed by atoms with Crippen LogP contribution < -0.4 is 5.73 Å². The van der Waals surface area contributed by atoms with Crippen molar-refractivity contribution >= 4 is 10.4 Å². The molecule has 0 aromatic carbocycles. The molecular weight excluding hydrogens is 182 g/mol. The number of hydrogen-bond donors (Lipinski definition) is 2. The second-order valence-corrected chi connectivity index (χ2v) is 3.68. The van der Waals surface area contributed by atoms with Gasteiger partial charge in [-0.05, 0) is 12.8 Å². The van der Waals surface area contributed by atoms with E-state index in [0.717, 1.165) is 0 Å². The van der Waals surface area contributed by atoms with E-state index in [4.69, 9.17) is 23.3 Å². The summed E-state index contributed by atoms with van der Waals surface area (Å²) in [5.41, 5.74) is 5.63. The van der Waals surface area contributed by atoms with Gasteiger partial charge in [-0.25, -0.2) is 8.42 Å². The van der Waals surface area contributed by atoms with Crippen LogP contribution in [0.3, 0.4) is 0 Å². The van der Waals surface area contributed by atoms with Crippen LogP contribution in [0.5, 0.6) is 0 Å². The second-order valence-electron chi connectivity index (χ2n) is 2.83. The normalized spacial score (nSPS) is 19.6. The summed E-state index contributed by atoms with van der Waals surface area (Å²) in [6.45, 7) is 0. The average Bonchev–Trinajstić information content (AvgIpc) is 1.85. The van der Waals surface area contributed by atoms with Gasteiger partial charge >= 0.3 is 1.43 Å². The lowest BCUT2D eigenvalue weighted by molar-refractivity contribution is 0.366. The molecule has 1 aliphatic rings. The Hall–Kier alpha value is -0.170. The standard InChI is InChI=1S/C6H13N.H2O4S/c7-6-4-2-1-3-5-6;1-5(2,3)4/h6H,1-5,7H2;(H2,1,2,3,4). The molecule has 0 bridgehead atoms. The molecule has 74 valence electrons. The van der Waals surface area contributed by atoms with Crippen LogP contribution in [-0.4, -0.2) is 23.6 Å². The smallest absolute Gasteiger partial charge is 0.726 e. The minimum absolute atomic E-state index is 0. The quantitative estimate of drug-likeness (QED) is 0.432. The van der Waals surface area contributed by atoms with Crippen molar-refractivity contribution in [3.05, 3.63) is 0 Å². The summed E-state index contributed by atoms with van der Waals surface area (Å²) in [5, 5.41) is 0. The van der Waals surface area contributed by atoms with E-state index in [1.54, 1.807) is 0 Å². The highest BCUT2D eigenvalue weighted by Crippen LogP contribution is 2.14. The van der Waals surface area contributed by atoms with Crippen LogP contribution in [0.1, 0.15) is 33.5 Å². The summed E-state index contributed by atoms with van der Waals surface area (Å²) in [7, 11) is -4.92. The number of hydrogen-bond acceptors (Lipinski definition) is 4. The molecule has 0 aromatic heterocycles. The Bertz CT molecular complexity index is 193. The Morgan fingerprint density at radius 3 is 1.83 bits per heavy atom. The van der Waals surface area contributed by atoms with Gasteiger partial charge in [0.1, 0.15) is 0 Å². The molecule has 0 heterocycles. The predicted octanol–water partition coefficient (Wildman–Crippen LogP) is 0.395. The van der Waals surface area contributed by atoms with E-state index in [0.29, 0.717) is 6.04 Å². The first-order valence-electron chi connectivity index (χ1n) is 3.83. The molecule has 1 fully saturated rings. The highest BCUT2D eigenvalue weighted by atomic mass is 32.3. The van der Waals surface area contributed by atoms with Crippen molar-refractivity contribution in [3.63, 3.8) is 0 Å². The zero-order valence-electron chi connectivity index (χ0n) is 7.77. The van der Waals surface area contributed by atoms with E-state index >= 15 is 0 Å². The molecule has 5 nitrogen and oxygen atoms in total. The van der Waals surface area contributed by atoms with Gasteiger partial charge in [0.05, 0.1) is 0 Å². The first-order valence-corrected chi connectivity index (χ1v) is 5.20.